The van der Waals surface area contributed by atoms with E-state index in [-0.39, 0.29) is 17.6 Å². The van der Waals surface area contributed by atoms with Crippen LogP contribution in [0.5, 0.6) is 0 Å². The molecule has 1 aliphatic rings. The average molecular weight is 406 g/mol. The van der Waals surface area contributed by atoms with Gasteiger partial charge in [-0.3, -0.25) is 4.90 Å². The minimum atomic E-state index is -0.875. The molecule has 2 aromatic heterocycles. The van der Waals surface area contributed by atoms with E-state index in [1.807, 2.05) is 4.90 Å². The molecule has 4 rings (SSSR count). The molecule has 0 radical (unpaired) electrons. The second-order valence-electron chi connectivity index (χ2n) is 6.18. The summed E-state index contributed by atoms with van der Waals surface area (Å²) in [4.78, 5) is 10.8. The molecule has 0 aliphatic carbocycles. The normalized spacial score (nSPS) is 19.0. The zero-order valence-electron chi connectivity index (χ0n) is 18.1. The van der Waals surface area contributed by atoms with Crippen molar-refractivity contribution in [3.05, 3.63) is 51.8 Å². The van der Waals surface area contributed by atoms with Gasteiger partial charge in [0.05, 0.1) is 18.0 Å². The summed E-state index contributed by atoms with van der Waals surface area (Å²) in [5.74, 6) is -0.532. The molecule has 0 saturated carbocycles. The molecule has 1 atom stereocenters. The Balaban J connectivity index is 1.49. The van der Waals surface area contributed by atoms with E-state index in [0.29, 0.717) is 51.9 Å². The highest BCUT2D eigenvalue weighted by Gasteiger charge is 2.21. The number of likely N-dealkylation sites (tertiary alicyclic amines) is 1. The van der Waals surface area contributed by atoms with Gasteiger partial charge in [-0.25, -0.2) is 14.4 Å². The lowest BCUT2D eigenvalue weighted by Gasteiger charge is -2.32. The van der Waals surface area contributed by atoms with E-state index in [4.69, 9.17) is 22.4 Å². The zero-order valence-corrected chi connectivity index (χ0v) is 15.7. The van der Waals surface area contributed by atoms with Crippen LogP contribution in [-0.2, 0) is 6.52 Å². The maximum Gasteiger partial charge on any atom is 0.162 e. The van der Waals surface area contributed by atoms with E-state index in [9.17, 15) is 4.39 Å². The van der Waals surface area contributed by atoms with Gasteiger partial charge in [-0.1, -0.05) is 17.7 Å². The first-order chi connectivity index (χ1) is 14.8. The number of benzene rings is 1. The summed E-state index contributed by atoms with van der Waals surface area (Å²) < 4.78 is 47.0. The van der Waals surface area contributed by atoms with Crippen LogP contribution in [0.25, 0.3) is 10.2 Å². The highest BCUT2D eigenvalue weighted by atomic mass is 35.5. The van der Waals surface area contributed by atoms with Crippen LogP contribution < -0.4 is 5.31 Å². The van der Waals surface area contributed by atoms with Gasteiger partial charge >= 0.3 is 0 Å². The molecule has 27 heavy (non-hydrogen) atoms. The molecule has 1 aromatic carbocycles. The number of aromatic nitrogens is 2. The Morgan fingerprint density at radius 1 is 1.52 bits per heavy atom. The SMILES string of the molecule is [2H]c1cc(C([2H])N2CCC(N([2H])c3ncnc4sc(Cl)c([2H])c34)CC2)cc(C#N)c1F. The second kappa shape index (κ2) is 7.77. The summed E-state index contributed by atoms with van der Waals surface area (Å²) in [5.41, 5.74) is 0.161. The number of hydrogen-bond acceptors (Lipinski definition) is 6. The van der Waals surface area contributed by atoms with E-state index in [1.54, 1.807) is 6.07 Å². The first-order valence-corrected chi connectivity index (χ1v) is 9.55. The maximum atomic E-state index is 13.8. The van der Waals surface area contributed by atoms with Gasteiger partial charge in [0.25, 0.3) is 0 Å². The summed E-state index contributed by atoms with van der Waals surface area (Å²) in [6.45, 7) is 0.179. The van der Waals surface area contributed by atoms with Crippen LogP contribution in [0.3, 0.4) is 0 Å². The molecule has 0 spiro atoms. The molecule has 138 valence electrons. The monoisotopic (exact) mass is 405 g/mol. The maximum absolute atomic E-state index is 13.8. The largest absolute Gasteiger partial charge is 0.367 e. The van der Waals surface area contributed by atoms with Crippen LogP contribution in [-0.4, -0.2) is 34.0 Å². The Kier molecular flexibility index (Phi) is 3.98. The van der Waals surface area contributed by atoms with Gasteiger partial charge in [0, 0.05) is 27.0 Å². The Morgan fingerprint density at radius 2 is 2.33 bits per heavy atom. The summed E-state index contributed by atoms with van der Waals surface area (Å²) >= 11 is 7.25. The van der Waals surface area contributed by atoms with Crippen molar-refractivity contribution in [2.24, 2.45) is 0 Å². The number of thiophene rings is 1. The quantitative estimate of drug-likeness (QED) is 0.695. The summed E-state index contributed by atoms with van der Waals surface area (Å²) in [7, 11) is 0. The van der Waals surface area contributed by atoms with Crippen molar-refractivity contribution >= 4 is 39.0 Å². The molecule has 1 N–H and O–H groups in total. The molecule has 1 unspecified atom stereocenters. The van der Waals surface area contributed by atoms with Crippen molar-refractivity contribution in [1.82, 2.24) is 14.9 Å². The average Bonchev–Trinajstić information content (AvgIpc) is 3.08. The molecular weight excluding hydrogens is 385 g/mol. The molecule has 1 fully saturated rings. The number of halogens is 2. The lowest BCUT2D eigenvalue weighted by molar-refractivity contribution is 0.211. The fourth-order valence-electron chi connectivity index (χ4n) is 3.03. The second-order valence-corrected chi connectivity index (χ2v) is 7.78. The Hall–Kier alpha value is -2.27. The predicted octanol–water partition coefficient (Wildman–Crippen LogP) is 4.43. The molecule has 3 heterocycles. The summed E-state index contributed by atoms with van der Waals surface area (Å²) in [6, 6.07) is 3.89. The fraction of sp³-hybridized carbons (Fsp3) is 0.316. The minimum Gasteiger partial charge on any atom is -0.367 e. The molecule has 0 amide bonds. The predicted molar refractivity (Wildman–Crippen MR) is 105 cm³/mol. The van der Waals surface area contributed by atoms with Crippen LogP contribution in [0.4, 0.5) is 10.2 Å². The molecule has 0 bridgehead atoms. The summed E-state index contributed by atoms with van der Waals surface area (Å²) in [5, 5.41) is 10.8. The van der Waals surface area contributed by atoms with Crippen LogP contribution in [0.15, 0.2) is 30.5 Å². The Bertz CT molecular complexity index is 1180. The smallest absolute Gasteiger partial charge is 0.162 e. The number of nitrogens with one attached hydrogen (secondary N) is 1. The first kappa shape index (κ1) is 13.8. The van der Waals surface area contributed by atoms with Crippen LogP contribution in [0, 0.1) is 17.1 Å². The first-order valence-electron chi connectivity index (χ1n) is 10.4. The number of nitriles is 1. The molecule has 1 aliphatic heterocycles. The van der Waals surface area contributed by atoms with E-state index in [2.05, 4.69) is 9.97 Å². The van der Waals surface area contributed by atoms with E-state index in [1.165, 1.54) is 35.1 Å². The summed E-state index contributed by atoms with van der Waals surface area (Å²) in [6.07, 6.45) is 2.52. The van der Waals surface area contributed by atoms with E-state index < -0.39 is 18.4 Å². The van der Waals surface area contributed by atoms with E-state index in [0.717, 1.165) is 0 Å². The number of anilines is 1. The fourth-order valence-corrected chi connectivity index (χ4v) is 4.01. The van der Waals surface area contributed by atoms with Gasteiger partial charge in [-0.2, -0.15) is 5.26 Å². The van der Waals surface area contributed by atoms with Crippen LogP contribution in [0.1, 0.15) is 28.1 Å². The molecule has 8 heteroatoms. The third-order valence-electron chi connectivity index (χ3n) is 4.37. The van der Waals surface area contributed by atoms with Crippen molar-refractivity contribution in [3.63, 3.8) is 0 Å². The standard InChI is InChI=1S/C19H17ClFN5S/c20-17-8-15-18(23-11-24-19(15)27-17)25-14-3-5-26(6-4-14)10-12-1-2-16(21)13(7-12)9-22/h1-2,7-8,11,14H,3-6,10H2,(H,23,24,25)/i2D,8D,10D/hD. The minimum absolute atomic E-state index is 0.119. The third-order valence-corrected chi connectivity index (χ3v) is 5.48. The van der Waals surface area contributed by atoms with Gasteiger partial charge in [0.2, 0.25) is 0 Å². The van der Waals surface area contributed by atoms with Crippen molar-refractivity contribution in [2.45, 2.75) is 25.4 Å². The topological polar surface area (TPSA) is 64.8 Å². The molecule has 3 aromatic rings. The Morgan fingerprint density at radius 3 is 3.11 bits per heavy atom. The number of piperidine rings is 1. The van der Waals surface area contributed by atoms with Crippen LogP contribution >= 0.6 is 22.9 Å². The van der Waals surface area contributed by atoms with Crippen LogP contribution in [0.2, 0.25) is 5.75 Å². The molecule has 5 nitrogen and oxygen atoms in total. The number of nitrogens with zero attached hydrogens (tertiary/aromatic N) is 4. The Labute approximate surface area is 171 Å². The highest BCUT2D eigenvalue weighted by Crippen LogP contribution is 2.32. The lowest BCUT2D eigenvalue weighted by atomic mass is 10.0. The number of fused-ring (bicyclic) bond motifs is 1. The number of hydrogen-bond donors (Lipinski definition) is 1. The zero-order chi connectivity index (χ0) is 22.3. The molecule has 1 saturated heterocycles. The lowest BCUT2D eigenvalue weighted by Crippen LogP contribution is -2.38. The van der Waals surface area contributed by atoms with Gasteiger partial charge < -0.3 is 5.31 Å². The van der Waals surface area contributed by atoms with Gasteiger partial charge in [0.15, 0.2) is 1.41 Å². The van der Waals surface area contributed by atoms with Crippen molar-refractivity contribution in [3.8, 4) is 6.07 Å². The molecular formula is C19H17ClFN5S. The highest BCUT2D eigenvalue weighted by molar-refractivity contribution is 7.22. The van der Waals surface area contributed by atoms with Gasteiger partial charge in [-0.15, -0.1) is 11.3 Å². The van der Waals surface area contributed by atoms with Crippen molar-refractivity contribution in [2.75, 3.05) is 18.4 Å². The third kappa shape index (κ3) is 4.03. The van der Waals surface area contributed by atoms with Crippen molar-refractivity contribution < 1.29 is 9.91 Å². The number of rotatable bonds is 4. The van der Waals surface area contributed by atoms with Gasteiger partial charge in [-0.05, 0) is 36.6 Å². The van der Waals surface area contributed by atoms with Crippen molar-refractivity contribution in [1.29, 1.82) is 5.26 Å². The van der Waals surface area contributed by atoms with E-state index >= 15 is 0 Å². The van der Waals surface area contributed by atoms with Gasteiger partial charge in [0.1, 0.15) is 28.9 Å².